The highest BCUT2D eigenvalue weighted by atomic mass is 35.5. The number of rotatable bonds is 7. The first-order chi connectivity index (χ1) is 13.1. The molecule has 0 amide bonds. The molecule has 0 atom stereocenters. The third kappa shape index (κ3) is 5.32. The molecule has 0 aliphatic carbocycles. The average molecular weight is 383 g/mol. The Balaban J connectivity index is 1.59. The quantitative estimate of drug-likeness (QED) is 0.268. The number of hydrogen-bond donors (Lipinski definition) is 1. The molecule has 2 aromatic carbocycles. The minimum atomic E-state index is -0.456. The van der Waals surface area contributed by atoms with Gasteiger partial charge in [0.1, 0.15) is 0 Å². The Bertz CT molecular complexity index is 946. The van der Waals surface area contributed by atoms with E-state index in [0.717, 1.165) is 18.8 Å². The highest BCUT2D eigenvalue weighted by Gasteiger charge is 2.05. The fourth-order valence-electron chi connectivity index (χ4n) is 2.37. The summed E-state index contributed by atoms with van der Waals surface area (Å²) < 4.78 is 2.08. The van der Waals surface area contributed by atoms with E-state index < -0.39 is 4.92 Å². The van der Waals surface area contributed by atoms with Gasteiger partial charge >= 0.3 is 0 Å². The normalized spacial score (nSPS) is 10.9. The van der Waals surface area contributed by atoms with E-state index >= 15 is 0 Å². The Morgan fingerprint density at radius 1 is 1.00 bits per heavy atom. The molecule has 1 N–H and O–H groups in total. The van der Waals surface area contributed by atoms with Crippen LogP contribution in [0.15, 0.2) is 83.3 Å². The zero-order valence-corrected chi connectivity index (χ0v) is 15.1. The minimum Gasteiger partial charge on any atom is -0.378 e. The summed E-state index contributed by atoms with van der Waals surface area (Å²) in [5.41, 5.74) is 1.96. The molecule has 136 valence electrons. The van der Waals surface area contributed by atoms with Crippen LogP contribution in [0.25, 0.3) is 0 Å². The molecule has 0 spiro atoms. The van der Waals surface area contributed by atoms with Crippen LogP contribution in [0.3, 0.4) is 0 Å². The smallest absolute Gasteiger partial charge is 0.269 e. The summed E-state index contributed by atoms with van der Waals surface area (Å²) in [6.07, 6.45) is 4.01. The molecular weight excluding hydrogens is 366 g/mol. The molecule has 0 fully saturated rings. The van der Waals surface area contributed by atoms with Crippen LogP contribution >= 0.6 is 11.6 Å². The van der Waals surface area contributed by atoms with Crippen LogP contribution in [0, 0.1) is 10.1 Å². The molecule has 0 unspecified atom stereocenters. The zero-order valence-electron chi connectivity index (χ0n) is 14.3. The summed E-state index contributed by atoms with van der Waals surface area (Å²) in [5.74, 6) is 0. The first kappa shape index (κ1) is 18.5. The number of hydrogen-bond acceptors (Lipinski definition) is 5. The molecule has 0 radical (unpaired) electrons. The highest BCUT2D eigenvalue weighted by Crippen LogP contribution is 2.28. The van der Waals surface area contributed by atoms with Gasteiger partial charge in [-0.25, -0.2) is 4.57 Å². The summed E-state index contributed by atoms with van der Waals surface area (Å²) in [5, 5.41) is 22.7. The molecule has 0 bridgehead atoms. The van der Waals surface area contributed by atoms with E-state index in [1.54, 1.807) is 24.3 Å². The SMILES string of the molecule is O=[N+]([O-])c1ccc(N=Nc2ccc(NCC[n+]3ccccc3)c(Cl)c2)cc1. The first-order valence-corrected chi connectivity index (χ1v) is 8.63. The number of non-ortho nitro benzene ring substituents is 1. The van der Waals surface area contributed by atoms with Crippen molar-refractivity contribution in [2.45, 2.75) is 6.54 Å². The summed E-state index contributed by atoms with van der Waals surface area (Å²) in [6, 6.07) is 17.2. The maximum atomic E-state index is 10.6. The molecule has 3 aromatic rings. The third-order valence-corrected chi connectivity index (χ3v) is 4.07. The maximum Gasteiger partial charge on any atom is 0.269 e. The topological polar surface area (TPSA) is 83.8 Å². The lowest BCUT2D eigenvalue weighted by atomic mass is 10.3. The van der Waals surface area contributed by atoms with E-state index in [1.165, 1.54) is 12.1 Å². The standard InChI is InChI=1S/C19H17ClN5O2/c20-18-14-16(23-22-15-4-7-17(8-5-15)25(26)27)6-9-19(18)21-10-13-24-11-2-1-3-12-24/h1-9,11-12,14,21H,10,13H2/q+1. The van der Waals surface area contributed by atoms with Crippen LogP contribution < -0.4 is 9.88 Å². The predicted molar refractivity (Wildman–Crippen MR) is 104 cm³/mol. The van der Waals surface area contributed by atoms with Crippen LogP contribution in [0.5, 0.6) is 0 Å². The van der Waals surface area contributed by atoms with E-state index in [4.69, 9.17) is 11.6 Å². The largest absolute Gasteiger partial charge is 0.378 e. The van der Waals surface area contributed by atoms with Crippen molar-refractivity contribution < 1.29 is 9.49 Å². The van der Waals surface area contributed by atoms with Gasteiger partial charge in [0, 0.05) is 24.3 Å². The first-order valence-electron chi connectivity index (χ1n) is 8.25. The van der Waals surface area contributed by atoms with Gasteiger partial charge in [-0.2, -0.15) is 10.2 Å². The molecule has 7 nitrogen and oxygen atoms in total. The number of aromatic nitrogens is 1. The number of nitro groups is 1. The Morgan fingerprint density at radius 3 is 2.33 bits per heavy atom. The number of halogens is 1. The molecule has 8 heteroatoms. The number of nitro benzene ring substituents is 1. The second-order valence-electron chi connectivity index (χ2n) is 5.68. The van der Waals surface area contributed by atoms with Crippen LogP contribution in [0.1, 0.15) is 0 Å². The van der Waals surface area contributed by atoms with Crippen molar-refractivity contribution in [3.63, 3.8) is 0 Å². The molecule has 1 aromatic heterocycles. The van der Waals surface area contributed by atoms with Crippen molar-refractivity contribution in [3.8, 4) is 0 Å². The van der Waals surface area contributed by atoms with Gasteiger partial charge in [0.2, 0.25) is 0 Å². The van der Waals surface area contributed by atoms with E-state index in [-0.39, 0.29) is 5.69 Å². The van der Waals surface area contributed by atoms with E-state index in [2.05, 4.69) is 20.1 Å². The second kappa shape index (κ2) is 8.86. The Morgan fingerprint density at radius 2 is 1.67 bits per heavy atom. The summed E-state index contributed by atoms with van der Waals surface area (Å²) in [4.78, 5) is 10.2. The van der Waals surface area contributed by atoms with E-state index in [9.17, 15) is 10.1 Å². The number of pyridine rings is 1. The minimum absolute atomic E-state index is 0.0149. The van der Waals surface area contributed by atoms with Gasteiger partial charge in [-0.15, -0.1) is 0 Å². The Labute approximate surface area is 161 Å². The van der Waals surface area contributed by atoms with Crippen molar-refractivity contribution in [1.29, 1.82) is 0 Å². The zero-order chi connectivity index (χ0) is 19.1. The molecular formula is C19H17ClN5O2+. The van der Waals surface area contributed by atoms with Crippen LogP contribution in [0.4, 0.5) is 22.7 Å². The lowest BCUT2D eigenvalue weighted by molar-refractivity contribution is -0.694. The fraction of sp³-hybridized carbons (Fsp3) is 0.105. The molecule has 0 aliphatic rings. The molecule has 3 rings (SSSR count). The Hall–Kier alpha value is -3.32. The van der Waals surface area contributed by atoms with Gasteiger partial charge < -0.3 is 5.32 Å². The lowest BCUT2D eigenvalue weighted by Gasteiger charge is -2.07. The van der Waals surface area contributed by atoms with Crippen LogP contribution in [-0.4, -0.2) is 11.5 Å². The monoisotopic (exact) mass is 382 g/mol. The molecule has 1 heterocycles. The van der Waals surface area contributed by atoms with Crippen LogP contribution in [0.2, 0.25) is 5.02 Å². The van der Waals surface area contributed by atoms with Crippen molar-refractivity contribution >= 4 is 34.4 Å². The number of anilines is 1. The average Bonchev–Trinajstić information content (AvgIpc) is 2.69. The summed E-state index contributed by atoms with van der Waals surface area (Å²) >= 11 is 6.30. The molecule has 0 saturated heterocycles. The number of benzene rings is 2. The van der Waals surface area contributed by atoms with Crippen molar-refractivity contribution in [2.75, 3.05) is 11.9 Å². The summed E-state index contributed by atoms with van der Waals surface area (Å²) in [7, 11) is 0. The third-order valence-electron chi connectivity index (χ3n) is 3.76. The fourth-order valence-corrected chi connectivity index (χ4v) is 2.61. The molecule has 27 heavy (non-hydrogen) atoms. The van der Waals surface area contributed by atoms with Crippen molar-refractivity contribution in [1.82, 2.24) is 0 Å². The van der Waals surface area contributed by atoms with Gasteiger partial charge in [0.25, 0.3) is 5.69 Å². The van der Waals surface area contributed by atoms with Gasteiger partial charge in [-0.3, -0.25) is 10.1 Å². The van der Waals surface area contributed by atoms with Gasteiger partial charge in [0.05, 0.1) is 33.6 Å². The lowest BCUT2D eigenvalue weighted by Crippen LogP contribution is -2.35. The van der Waals surface area contributed by atoms with Crippen molar-refractivity contribution in [2.24, 2.45) is 10.2 Å². The summed E-state index contributed by atoms with van der Waals surface area (Å²) in [6.45, 7) is 1.55. The van der Waals surface area contributed by atoms with Gasteiger partial charge in [-0.1, -0.05) is 17.7 Å². The Kier molecular flexibility index (Phi) is 6.06. The highest BCUT2D eigenvalue weighted by molar-refractivity contribution is 6.33. The second-order valence-corrected chi connectivity index (χ2v) is 6.08. The van der Waals surface area contributed by atoms with Gasteiger partial charge in [0.15, 0.2) is 18.9 Å². The van der Waals surface area contributed by atoms with Gasteiger partial charge in [-0.05, 0) is 30.3 Å². The van der Waals surface area contributed by atoms with E-state index in [0.29, 0.717) is 16.4 Å². The predicted octanol–water partition coefficient (Wildman–Crippen LogP) is 5.06. The van der Waals surface area contributed by atoms with E-state index in [1.807, 2.05) is 36.7 Å². The van der Waals surface area contributed by atoms with Crippen molar-refractivity contribution in [3.05, 3.63) is 88.2 Å². The molecule has 0 aliphatic heterocycles. The van der Waals surface area contributed by atoms with Crippen LogP contribution in [-0.2, 0) is 6.54 Å². The number of azo groups is 1. The number of nitrogens with zero attached hydrogens (tertiary/aromatic N) is 4. The number of nitrogens with one attached hydrogen (secondary N) is 1. The maximum absolute atomic E-state index is 10.6. The molecule has 0 saturated carbocycles.